The number of fused-ring (bicyclic) bond motifs is 1. The van der Waals surface area contributed by atoms with Crippen LogP contribution in [0, 0.1) is 0 Å². The molecule has 4 rings (SSSR count). The Morgan fingerprint density at radius 2 is 2.03 bits per heavy atom. The molecule has 9 heteroatoms. The Balaban J connectivity index is 1.39. The van der Waals surface area contributed by atoms with Crippen LogP contribution in [0.3, 0.4) is 0 Å². The van der Waals surface area contributed by atoms with Gasteiger partial charge in [-0.2, -0.15) is 0 Å². The normalized spacial score (nSPS) is 11.0. The molecule has 4 aromatic rings. The van der Waals surface area contributed by atoms with Crippen LogP contribution < -0.4 is 10.1 Å². The van der Waals surface area contributed by atoms with Crippen LogP contribution in [0.15, 0.2) is 53.7 Å². The van der Waals surface area contributed by atoms with Gasteiger partial charge in [0.2, 0.25) is 5.91 Å². The van der Waals surface area contributed by atoms with Crippen LogP contribution in [-0.2, 0) is 17.8 Å². The highest BCUT2D eigenvalue weighted by Crippen LogP contribution is 2.29. The second-order valence-electron chi connectivity index (χ2n) is 6.49. The number of rotatable bonds is 8. The summed E-state index contributed by atoms with van der Waals surface area (Å²) in [6, 6.07) is 15.8. The molecule has 0 saturated heterocycles. The third kappa shape index (κ3) is 4.63. The van der Waals surface area contributed by atoms with Crippen LogP contribution in [0.2, 0.25) is 0 Å². The fourth-order valence-electron chi connectivity index (χ4n) is 3.02. The number of amides is 1. The predicted molar refractivity (Wildman–Crippen MR) is 120 cm³/mol. The average Bonchev–Trinajstić information content (AvgIpc) is 3.34. The lowest BCUT2D eigenvalue weighted by molar-refractivity contribution is -0.113. The number of aromatic nitrogens is 4. The maximum Gasteiger partial charge on any atom is 0.236 e. The zero-order chi connectivity index (χ0) is 20.9. The Morgan fingerprint density at radius 3 is 2.80 bits per heavy atom. The summed E-state index contributed by atoms with van der Waals surface area (Å²) < 4.78 is 8.25. The number of methoxy groups -OCH3 is 1. The summed E-state index contributed by atoms with van der Waals surface area (Å²) in [6.45, 7) is 2.80. The minimum Gasteiger partial charge on any atom is -0.497 e. The highest BCUT2D eigenvalue weighted by Gasteiger charge is 2.15. The molecule has 2 aromatic carbocycles. The largest absolute Gasteiger partial charge is 0.497 e. The van der Waals surface area contributed by atoms with Crippen molar-refractivity contribution in [3.63, 3.8) is 0 Å². The van der Waals surface area contributed by atoms with E-state index in [2.05, 4.69) is 44.1 Å². The summed E-state index contributed by atoms with van der Waals surface area (Å²) in [5.74, 6) is 1.78. The smallest absolute Gasteiger partial charge is 0.236 e. The average molecular weight is 440 g/mol. The van der Waals surface area contributed by atoms with E-state index in [4.69, 9.17) is 4.74 Å². The minimum absolute atomic E-state index is 0.124. The third-order valence-corrected chi connectivity index (χ3v) is 6.39. The van der Waals surface area contributed by atoms with E-state index in [0.717, 1.165) is 33.5 Å². The summed E-state index contributed by atoms with van der Waals surface area (Å²) in [6.07, 6.45) is 0.712. The lowest BCUT2D eigenvalue weighted by Gasteiger charge is -2.07. The monoisotopic (exact) mass is 439 g/mol. The first-order valence-electron chi connectivity index (χ1n) is 9.49. The van der Waals surface area contributed by atoms with E-state index in [1.165, 1.54) is 28.7 Å². The molecule has 0 bridgehead atoms. The molecule has 0 unspecified atom stereocenters. The van der Waals surface area contributed by atoms with Crippen molar-refractivity contribution in [2.24, 2.45) is 0 Å². The first-order valence-corrected chi connectivity index (χ1v) is 11.3. The molecular weight excluding hydrogens is 418 g/mol. The number of benzene rings is 2. The van der Waals surface area contributed by atoms with Gasteiger partial charge in [-0.05, 0) is 30.7 Å². The molecule has 0 radical (unpaired) electrons. The van der Waals surface area contributed by atoms with E-state index >= 15 is 0 Å². The topological polar surface area (TPSA) is 81.9 Å². The van der Waals surface area contributed by atoms with E-state index in [0.29, 0.717) is 11.6 Å². The zero-order valence-electron chi connectivity index (χ0n) is 16.7. The van der Waals surface area contributed by atoms with Crippen LogP contribution in [0.25, 0.3) is 10.2 Å². The van der Waals surface area contributed by atoms with Crippen molar-refractivity contribution >= 4 is 44.4 Å². The molecule has 0 spiro atoms. The van der Waals surface area contributed by atoms with Crippen molar-refractivity contribution in [2.75, 3.05) is 18.2 Å². The van der Waals surface area contributed by atoms with E-state index in [9.17, 15) is 4.79 Å². The fourth-order valence-corrected chi connectivity index (χ4v) is 4.76. The molecule has 2 aromatic heterocycles. The lowest BCUT2D eigenvalue weighted by Crippen LogP contribution is -2.14. The lowest BCUT2D eigenvalue weighted by atomic mass is 10.1. The summed E-state index contributed by atoms with van der Waals surface area (Å²) in [5, 5.41) is 12.8. The van der Waals surface area contributed by atoms with Gasteiger partial charge in [0.25, 0.3) is 0 Å². The third-order valence-electron chi connectivity index (χ3n) is 4.49. The molecule has 1 N–H and O–H groups in total. The molecule has 1 amide bonds. The maximum atomic E-state index is 12.4. The Morgan fingerprint density at radius 1 is 1.20 bits per heavy atom. The molecule has 0 aliphatic rings. The molecule has 7 nitrogen and oxygen atoms in total. The molecule has 30 heavy (non-hydrogen) atoms. The molecule has 0 aliphatic heterocycles. The number of thioether (sulfide) groups is 1. The maximum absolute atomic E-state index is 12.4. The fraction of sp³-hybridized carbons (Fsp3) is 0.238. The van der Waals surface area contributed by atoms with Crippen molar-refractivity contribution in [1.29, 1.82) is 0 Å². The van der Waals surface area contributed by atoms with Crippen molar-refractivity contribution < 1.29 is 9.53 Å². The zero-order valence-corrected chi connectivity index (χ0v) is 18.3. The number of anilines is 1. The highest BCUT2D eigenvalue weighted by molar-refractivity contribution is 7.99. The van der Waals surface area contributed by atoms with Gasteiger partial charge in [0.05, 0.1) is 23.1 Å². The van der Waals surface area contributed by atoms with E-state index in [1.54, 1.807) is 7.11 Å². The molecule has 0 saturated carbocycles. The molecular formula is C21H21N5O2S2. The SMILES string of the molecule is CCn1c(Cc2ccccc2)nnc1SCC(=O)Nc1nc2ccc(OC)cc2s1. The van der Waals surface area contributed by atoms with Gasteiger partial charge in [0, 0.05) is 13.0 Å². The van der Waals surface area contributed by atoms with Crippen molar-refractivity contribution in [3.05, 3.63) is 59.9 Å². The van der Waals surface area contributed by atoms with Gasteiger partial charge in [-0.15, -0.1) is 10.2 Å². The predicted octanol–water partition coefficient (Wildman–Crippen LogP) is 4.24. The Kier molecular flexibility index (Phi) is 6.29. The summed E-state index contributed by atoms with van der Waals surface area (Å²) in [5.41, 5.74) is 2.02. The number of hydrogen-bond acceptors (Lipinski definition) is 7. The van der Waals surface area contributed by atoms with E-state index in [-0.39, 0.29) is 11.7 Å². The van der Waals surface area contributed by atoms with Crippen LogP contribution in [0.5, 0.6) is 5.75 Å². The van der Waals surface area contributed by atoms with Gasteiger partial charge in [-0.3, -0.25) is 4.79 Å². The minimum atomic E-state index is -0.124. The van der Waals surface area contributed by atoms with Crippen LogP contribution in [0.1, 0.15) is 18.3 Å². The van der Waals surface area contributed by atoms with Gasteiger partial charge in [0.15, 0.2) is 10.3 Å². The Labute approximate surface area is 182 Å². The second-order valence-corrected chi connectivity index (χ2v) is 8.47. The summed E-state index contributed by atoms with van der Waals surface area (Å²) >= 11 is 2.80. The number of carbonyl (C=O) groups excluding carboxylic acids is 1. The standard InChI is InChI=1S/C21H21N5O2S2/c1-3-26-18(11-14-7-5-4-6-8-14)24-25-21(26)29-13-19(27)23-20-22-16-10-9-15(28-2)12-17(16)30-20/h4-10,12H,3,11,13H2,1-2H3,(H,22,23,27). The number of carbonyl (C=O) groups is 1. The first kappa shape index (κ1) is 20.4. The van der Waals surface area contributed by atoms with Crippen LogP contribution >= 0.6 is 23.1 Å². The highest BCUT2D eigenvalue weighted by atomic mass is 32.2. The van der Waals surface area contributed by atoms with Crippen molar-refractivity contribution in [2.45, 2.75) is 25.0 Å². The molecule has 2 heterocycles. The quantitative estimate of drug-likeness (QED) is 0.414. The summed E-state index contributed by atoms with van der Waals surface area (Å²) in [4.78, 5) is 16.9. The van der Waals surface area contributed by atoms with Gasteiger partial charge in [-0.25, -0.2) is 4.98 Å². The van der Waals surface area contributed by atoms with E-state index < -0.39 is 0 Å². The van der Waals surface area contributed by atoms with E-state index in [1.807, 2.05) is 36.4 Å². The number of nitrogens with zero attached hydrogens (tertiary/aromatic N) is 4. The van der Waals surface area contributed by atoms with Gasteiger partial charge in [0.1, 0.15) is 11.6 Å². The number of hydrogen-bond donors (Lipinski definition) is 1. The first-order chi connectivity index (χ1) is 14.7. The number of ether oxygens (including phenoxy) is 1. The molecule has 0 aliphatic carbocycles. The summed E-state index contributed by atoms with van der Waals surface area (Å²) in [7, 11) is 1.63. The van der Waals surface area contributed by atoms with Gasteiger partial charge < -0.3 is 14.6 Å². The van der Waals surface area contributed by atoms with Crippen LogP contribution in [-0.4, -0.2) is 38.5 Å². The number of thiazole rings is 1. The van der Waals surface area contributed by atoms with Crippen LogP contribution in [0.4, 0.5) is 5.13 Å². The van der Waals surface area contributed by atoms with Gasteiger partial charge in [-0.1, -0.05) is 53.4 Å². The van der Waals surface area contributed by atoms with Gasteiger partial charge >= 0.3 is 0 Å². The molecule has 0 fully saturated rings. The Hall–Kier alpha value is -2.91. The number of nitrogens with one attached hydrogen (secondary N) is 1. The molecule has 154 valence electrons. The molecule has 0 atom stereocenters. The second kappa shape index (κ2) is 9.27. The van der Waals surface area contributed by atoms with Crippen molar-refractivity contribution in [3.8, 4) is 5.75 Å². The Bertz CT molecular complexity index is 1160. The van der Waals surface area contributed by atoms with Crippen molar-refractivity contribution in [1.82, 2.24) is 19.7 Å².